The predicted molar refractivity (Wildman–Crippen MR) is 136 cm³/mol. The lowest BCUT2D eigenvalue weighted by molar-refractivity contribution is -0.139. The second kappa shape index (κ2) is 10.5. The molecule has 0 saturated carbocycles. The maximum atomic E-state index is 13.3. The highest BCUT2D eigenvalue weighted by atomic mass is 16.5. The van der Waals surface area contributed by atoms with Crippen LogP contribution in [0, 0.1) is 6.92 Å². The van der Waals surface area contributed by atoms with E-state index in [0.29, 0.717) is 34.7 Å². The Morgan fingerprint density at radius 2 is 1.69 bits per heavy atom. The van der Waals surface area contributed by atoms with Crippen molar-refractivity contribution < 1.29 is 29.0 Å². The van der Waals surface area contributed by atoms with Gasteiger partial charge in [-0.1, -0.05) is 42.0 Å². The normalized spacial score (nSPS) is 16.8. The Morgan fingerprint density at radius 1 is 1.00 bits per heavy atom. The first-order valence-corrected chi connectivity index (χ1v) is 11.6. The summed E-state index contributed by atoms with van der Waals surface area (Å²) in [6.07, 6.45) is 0.0919. The van der Waals surface area contributed by atoms with Gasteiger partial charge in [-0.25, -0.2) is 0 Å². The molecule has 0 aliphatic carbocycles. The Morgan fingerprint density at radius 3 is 2.31 bits per heavy atom. The number of Topliss-reactive ketones (excluding diaryl/α,β-unsaturated/α-hetero) is 1. The Hall–Kier alpha value is -4.39. The van der Waals surface area contributed by atoms with E-state index in [1.54, 1.807) is 48.5 Å². The molecule has 1 aliphatic heterocycles. The second-order valence-corrected chi connectivity index (χ2v) is 8.46. The van der Waals surface area contributed by atoms with Crippen LogP contribution in [-0.4, -0.2) is 36.5 Å². The number of aryl methyl sites for hydroxylation is 1. The van der Waals surface area contributed by atoms with Gasteiger partial charge >= 0.3 is 5.97 Å². The number of nitrogens with zero attached hydrogens (tertiary/aromatic N) is 1. The number of esters is 1. The number of aliphatic hydroxyl groups is 1. The van der Waals surface area contributed by atoms with Crippen molar-refractivity contribution in [2.75, 3.05) is 18.6 Å². The summed E-state index contributed by atoms with van der Waals surface area (Å²) in [5.74, 6) is -1.51. The molecule has 1 fully saturated rings. The van der Waals surface area contributed by atoms with Gasteiger partial charge in [0.1, 0.15) is 11.5 Å². The van der Waals surface area contributed by atoms with Gasteiger partial charge < -0.3 is 14.6 Å². The molecular weight excluding hydrogens is 458 g/mol. The van der Waals surface area contributed by atoms with E-state index >= 15 is 0 Å². The van der Waals surface area contributed by atoms with E-state index in [-0.39, 0.29) is 23.7 Å². The van der Waals surface area contributed by atoms with Crippen molar-refractivity contribution in [1.82, 2.24) is 0 Å². The molecule has 4 rings (SSSR count). The van der Waals surface area contributed by atoms with Crippen molar-refractivity contribution >= 4 is 29.1 Å². The Kier molecular flexibility index (Phi) is 7.20. The molecule has 0 spiro atoms. The average molecular weight is 486 g/mol. The third-order valence-corrected chi connectivity index (χ3v) is 6.03. The van der Waals surface area contributed by atoms with Crippen molar-refractivity contribution in [3.8, 4) is 5.75 Å². The van der Waals surface area contributed by atoms with Crippen molar-refractivity contribution in [2.24, 2.45) is 0 Å². The molecule has 1 saturated heterocycles. The fourth-order valence-electron chi connectivity index (χ4n) is 4.30. The number of benzene rings is 3. The van der Waals surface area contributed by atoms with Crippen molar-refractivity contribution in [2.45, 2.75) is 26.3 Å². The number of aliphatic hydroxyl groups excluding tert-OH is 1. The number of amides is 1. The van der Waals surface area contributed by atoms with E-state index in [4.69, 9.17) is 9.47 Å². The van der Waals surface area contributed by atoms with Crippen LogP contribution >= 0.6 is 0 Å². The van der Waals surface area contributed by atoms with Gasteiger partial charge in [-0.15, -0.1) is 0 Å². The highest BCUT2D eigenvalue weighted by molar-refractivity contribution is 6.51. The molecule has 1 atom stereocenters. The number of ether oxygens (including phenoxy) is 2. The molecule has 1 amide bonds. The zero-order chi connectivity index (χ0) is 25.8. The largest absolute Gasteiger partial charge is 0.507 e. The van der Waals surface area contributed by atoms with Gasteiger partial charge in [0.15, 0.2) is 0 Å². The van der Waals surface area contributed by atoms with E-state index in [9.17, 15) is 19.5 Å². The number of carbonyl (C=O) groups excluding carboxylic acids is 3. The van der Waals surface area contributed by atoms with Crippen molar-refractivity contribution in [1.29, 1.82) is 0 Å². The van der Waals surface area contributed by atoms with E-state index in [2.05, 4.69) is 0 Å². The van der Waals surface area contributed by atoms with Crippen LogP contribution < -0.4 is 9.64 Å². The summed E-state index contributed by atoms with van der Waals surface area (Å²) in [4.78, 5) is 39.6. The number of methoxy groups -OCH3 is 1. The topological polar surface area (TPSA) is 93.1 Å². The summed E-state index contributed by atoms with van der Waals surface area (Å²) in [6.45, 7) is 4.30. The minimum absolute atomic E-state index is 0.00778. The van der Waals surface area contributed by atoms with E-state index < -0.39 is 17.7 Å². The van der Waals surface area contributed by atoms with Crippen LogP contribution in [0.2, 0.25) is 0 Å². The number of hydrogen-bond acceptors (Lipinski definition) is 6. The first-order chi connectivity index (χ1) is 17.3. The minimum atomic E-state index is -0.831. The van der Waals surface area contributed by atoms with Gasteiger partial charge in [0, 0.05) is 11.3 Å². The Balaban J connectivity index is 1.82. The molecule has 1 heterocycles. The van der Waals surface area contributed by atoms with Gasteiger partial charge in [-0.05, 0) is 61.4 Å². The first kappa shape index (κ1) is 24.7. The molecule has 3 aromatic carbocycles. The molecule has 7 nitrogen and oxygen atoms in total. The average Bonchev–Trinajstić information content (AvgIpc) is 3.15. The summed E-state index contributed by atoms with van der Waals surface area (Å²) in [5, 5.41) is 11.3. The van der Waals surface area contributed by atoms with Crippen LogP contribution in [-0.2, 0) is 25.5 Å². The first-order valence-electron chi connectivity index (χ1n) is 11.6. The molecule has 184 valence electrons. The van der Waals surface area contributed by atoms with Crippen LogP contribution in [0.4, 0.5) is 5.69 Å². The van der Waals surface area contributed by atoms with Crippen LogP contribution in [0.15, 0.2) is 78.4 Å². The van der Waals surface area contributed by atoms with Crippen molar-refractivity contribution in [3.63, 3.8) is 0 Å². The molecule has 1 N–H and O–H groups in total. The Bertz CT molecular complexity index is 1320. The lowest BCUT2D eigenvalue weighted by Gasteiger charge is -2.26. The second-order valence-electron chi connectivity index (χ2n) is 8.46. The number of ketones is 1. The lowest BCUT2D eigenvalue weighted by Crippen LogP contribution is -2.29. The van der Waals surface area contributed by atoms with Gasteiger partial charge in [0.05, 0.1) is 31.8 Å². The zero-order valence-electron chi connectivity index (χ0n) is 20.4. The van der Waals surface area contributed by atoms with Crippen LogP contribution in [0.5, 0.6) is 5.75 Å². The SMILES string of the molecule is CCOc1ccc(/C(O)=C2/C(=O)C(=O)N(c3ccc(CC(=O)OC)cc3)C2c2cccc(C)c2)cc1. The quantitative estimate of drug-likeness (QED) is 0.225. The summed E-state index contributed by atoms with van der Waals surface area (Å²) in [5.41, 5.74) is 3.25. The summed E-state index contributed by atoms with van der Waals surface area (Å²) >= 11 is 0. The zero-order valence-corrected chi connectivity index (χ0v) is 20.4. The molecular formula is C29H27NO6. The fraction of sp³-hybridized carbons (Fsp3) is 0.207. The number of rotatable bonds is 7. The predicted octanol–water partition coefficient (Wildman–Crippen LogP) is 4.74. The van der Waals surface area contributed by atoms with E-state index in [0.717, 1.165) is 5.56 Å². The fourth-order valence-corrected chi connectivity index (χ4v) is 4.30. The highest BCUT2D eigenvalue weighted by Crippen LogP contribution is 2.42. The van der Waals surface area contributed by atoms with E-state index in [1.807, 2.05) is 38.1 Å². The summed E-state index contributed by atoms with van der Waals surface area (Å²) < 4.78 is 10.2. The standard InChI is InChI=1S/C29H27NO6/c1-4-36-23-14-10-20(11-15-23)27(32)25-26(21-7-5-6-18(2)16-21)30(29(34)28(25)33)22-12-8-19(9-13-22)17-24(31)35-3/h5-16,26,32H,4,17H2,1-3H3/b27-25-. The van der Waals surface area contributed by atoms with Gasteiger partial charge in [0.25, 0.3) is 11.7 Å². The van der Waals surface area contributed by atoms with Crippen molar-refractivity contribution in [3.05, 3.63) is 101 Å². The van der Waals surface area contributed by atoms with Crippen LogP contribution in [0.3, 0.4) is 0 Å². The Labute approximate surface area is 209 Å². The molecule has 1 aliphatic rings. The van der Waals surface area contributed by atoms with Gasteiger partial charge in [0.2, 0.25) is 0 Å². The number of hydrogen-bond donors (Lipinski definition) is 1. The number of anilines is 1. The molecule has 0 bridgehead atoms. The van der Waals surface area contributed by atoms with Gasteiger partial charge in [-0.3, -0.25) is 19.3 Å². The smallest absolute Gasteiger partial charge is 0.309 e. The maximum Gasteiger partial charge on any atom is 0.309 e. The molecule has 1 unspecified atom stereocenters. The maximum absolute atomic E-state index is 13.3. The molecule has 3 aromatic rings. The minimum Gasteiger partial charge on any atom is -0.507 e. The molecule has 0 aromatic heterocycles. The third kappa shape index (κ3) is 4.86. The third-order valence-electron chi connectivity index (χ3n) is 6.03. The molecule has 7 heteroatoms. The molecule has 0 radical (unpaired) electrons. The summed E-state index contributed by atoms with van der Waals surface area (Å²) in [7, 11) is 1.32. The van der Waals surface area contributed by atoms with Gasteiger partial charge in [-0.2, -0.15) is 0 Å². The lowest BCUT2D eigenvalue weighted by atomic mass is 9.94. The van der Waals surface area contributed by atoms with E-state index in [1.165, 1.54) is 12.0 Å². The number of carbonyl (C=O) groups is 3. The summed E-state index contributed by atoms with van der Waals surface area (Å²) in [6, 6.07) is 20.2. The monoisotopic (exact) mass is 485 g/mol. The highest BCUT2D eigenvalue weighted by Gasteiger charge is 2.47. The van der Waals surface area contributed by atoms with Crippen LogP contribution in [0.25, 0.3) is 5.76 Å². The molecule has 36 heavy (non-hydrogen) atoms. The van der Waals surface area contributed by atoms with Crippen LogP contribution in [0.1, 0.15) is 35.2 Å².